The Morgan fingerprint density at radius 2 is 1.76 bits per heavy atom. The van der Waals surface area contributed by atoms with E-state index in [1.165, 1.54) is 38.8 Å². The Kier molecular flexibility index (Phi) is 4.66. The lowest BCUT2D eigenvalue weighted by Crippen LogP contribution is -2.43. The van der Waals surface area contributed by atoms with Gasteiger partial charge in [0.25, 0.3) is 0 Å². The van der Waals surface area contributed by atoms with E-state index in [0.29, 0.717) is 5.41 Å². The van der Waals surface area contributed by atoms with Crippen LogP contribution < -0.4 is 5.32 Å². The van der Waals surface area contributed by atoms with Gasteiger partial charge in [-0.15, -0.1) is 0 Å². The van der Waals surface area contributed by atoms with Gasteiger partial charge in [0.15, 0.2) is 0 Å². The molecule has 1 aromatic carbocycles. The predicted molar refractivity (Wildman–Crippen MR) is 89.6 cm³/mol. The van der Waals surface area contributed by atoms with Gasteiger partial charge < -0.3 is 5.32 Å². The Morgan fingerprint density at radius 3 is 2.48 bits per heavy atom. The molecule has 3 rings (SSSR count). The number of nitrogens with one attached hydrogen (secondary N) is 1. The monoisotopic (exact) mass is 286 g/mol. The van der Waals surface area contributed by atoms with Crippen molar-refractivity contribution < 1.29 is 0 Å². The zero-order valence-electron chi connectivity index (χ0n) is 13.7. The molecule has 0 amide bonds. The summed E-state index contributed by atoms with van der Waals surface area (Å²) in [6.07, 6.45) is 5.48. The van der Waals surface area contributed by atoms with Crippen LogP contribution in [0.4, 0.5) is 0 Å². The largest absolute Gasteiger partial charge is 0.314 e. The number of rotatable bonds is 3. The maximum atomic E-state index is 3.45. The average Bonchev–Trinajstić information content (AvgIpc) is 2.49. The van der Waals surface area contributed by atoms with E-state index in [9.17, 15) is 0 Å². The minimum atomic E-state index is 0.560. The Labute approximate surface area is 129 Å². The van der Waals surface area contributed by atoms with Crippen LogP contribution in [0.5, 0.6) is 0 Å². The van der Waals surface area contributed by atoms with E-state index < -0.39 is 0 Å². The van der Waals surface area contributed by atoms with Crippen molar-refractivity contribution >= 4 is 0 Å². The lowest BCUT2D eigenvalue weighted by Gasteiger charge is -2.36. The summed E-state index contributed by atoms with van der Waals surface area (Å²) < 4.78 is 0. The van der Waals surface area contributed by atoms with Crippen molar-refractivity contribution in [1.29, 1.82) is 0 Å². The third-order valence-electron chi connectivity index (χ3n) is 5.44. The van der Waals surface area contributed by atoms with Crippen LogP contribution in [-0.4, -0.2) is 31.1 Å². The number of hydrogen-bond donors (Lipinski definition) is 1. The Hall–Kier alpha value is -0.860. The molecule has 0 bridgehead atoms. The summed E-state index contributed by atoms with van der Waals surface area (Å²) in [5.74, 6) is 0.789. The van der Waals surface area contributed by atoms with Crippen LogP contribution in [0.3, 0.4) is 0 Å². The van der Waals surface area contributed by atoms with E-state index >= 15 is 0 Å². The summed E-state index contributed by atoms with van der Waals surface area (Å²) in [4.78, 5) is 2.60. The Balaban J connectivity index is 1.70. The lowest BCUT2D eigenvalue weighted by atomic mass is 9.70. The first-order valence-electron chi connectivity index (χ1n) is 8.65. The van der Waals surface area contributed by atoms with Gasteiger partial charge in [0.2, 0.25) is 0 Å². The summed E-state index contributed by atoms with van der Waals surface area (Å²) in [6.45, 7) is 10.6. The third-order valence-corrected chi connectivity index (χ3v) is 5.44. The maximum absolute atomic E-state index is 3.45. The Bertz CT molecular complexity index is 450. The average molecular weight is 286 g/mol. The van der Waals surface area contributed by atoms with Crippen LogP contribution >= 0.6 is 0 Å². The van der Waals surface area contributed by atoms with Gasteiger partial charge in [0.05, 0.1) is 0 Å². The highest BCUT2D eigenvalue weighted by Gasteiger charge is 2.28. The first-order chi connectivity index (χ1) is 10.1. The van der Waals surface area contributed by atoms with Crippen molar-refractivity contribution in [2.24, 2.45) is 5.41 Å². The minimum absolute atomic E-state index is 0.560. The molecule has 0 aromatic heterocycles. The molecule has 0 spiro atoms. The van der Waals surface area contributed by atoms with E-state index in [-0.39, 0.29) is 0 Å². The molecular weight excluding hydrogens is 256 g/mol. The van der Waals surface area contributed by atoms with Crippen LogP contribution in [-0.2, 0) is 6.54 Å². The van der Waals surface area contributed by atoms with Crippen LogP contribution in [0.1, 0.15) is 56.6 Å². The second kappa shape index (κ2) is 6.50. The van der Waals surface area contributed by atoms with E-state index in [0.717, 1.165) is 25.6 Å². The minimum Gasteiger partial charge on any atom is -0.314 e. The summed E-state index contributed by atoms with van der Waals surface area (Å²) in [5.41, 5.74) is 3.76. The van der Waals surface area contributed by atoms with Gasteiger partial charge >= 0.3 is 0 Å². The summed E-state index contributed by atoms with van der Waals surface area (Å²) >= 11 is 0. The van der Waals surface area contributed by atoms with E-state index in [1.54, 1.807) is 11.1 Å². The number of hydrogen-bond acceptors (Lipinski definition) is 2. The number of piperazine rings is 1. The molecule has 1 aliphatic carbocycles. The molecule has 2 heteroatoms. The molecule has 0 unspecified atom stereocenters. The number of nitrogens with zero attached hydrogens (tertiary/aromatic N) is 1. The molecule has 1 saturated carbocycles. The highest BCUT2D eigenvalue weighted by molar-refractivity contribution is 5.31. The van der Waals surface area contributed by atoms with Gasteiger partial charge in [-0.2, -0.15) is 0 Å². The van der Waals surface area contributed by atoms with Crippen molar-refractivity contribution in [3.05, 3.63) is 35.4 Å². The van der Waals surface area contributed by atoms with Crippen molar-refractivity contribution in [2.45, 2.75) is 52.0 Å². The first kappa shape index (κ1) is 15.1. The molecule has 1 aromatic rings. The molecule has 0 radical (unpaired) electrons. The lowest BCUT2D eigenvalue weighted by molar-refractivity contribution is 0.218. The zero-order chi connectivity index (χ0) is 14.7. The molecule has 2 fully saturated rings. The van der Waals surface area contributed by atoms with Gasteiger partial charge in [-0.05, 0) is 48.1 Å². The van der Waals surface area contributed by atoms with Crippen LogP contribution in [0.25, 0.3) is 0 Å². The van der Waals surface area contributed by atoms with Gasteiger partial charge in [-0.1, -0.05) is 38.1 Å². The van der Waals surface area contributed by atoms with E-state index in [1.807, 2.05) is 0 Å². The summed E-state index contributed by atoms with van der Waals surface area (Å²) in [5, 5.41) is 3.45. The fourth-order valence-electron chi connectivity index (χ4n) is 3.90. The van der Waals surface area contributed by atoms with E-state index in [2.05, 4.69) is 48.3 Å². The SMILES string of the molecule is CC1(C)CCC(c2ccccc2CN2CCNCC2)CC1. The molecule has 2 nitrogen and oxygen atoms in total. The normalized spacial score (nSPS) is 24.1. The molecule has 2 aliphatic rings. The van der Waals surface area contributed by atoms with Crippen LogP contribution in [0, 0.1) is 5.41 Å². The molecular formula is C19H30N2. The van der Waals surface area contributed by atoms with Gasteiger partial charge in [0, 0.05) is 32.7 Å². The second-order valence-electron chi connectivity index (χ2n) is 7.66. The van der Waals surface area contributed by atoms with E-state index in [4.69, 9.17) is 0 Å². The quantitative estimate of drug-likeness (QED) is 0.910. The zero-order valence-corrected chi connectivity index (χ0v) is 13.7. The third kappa shape index (κ3) is 3.87. The van der Waals surface area contributed by atoms with Gasteiger partial charge in [-0.25, -0.2) is 0 Å². The number of benzene rings is 1. The van der Waals surface area contributed by atoms with Crippen molar-refractivity contribution in [3.63, 3.8) is 0 Å². The molecule has 1 heterocycles. The maximum Gasteiger partial charge on any atom is 0.0237 e. The topological polar surface area (TPSA) is 15.3 Å². The fraction of sp³-hybridized carbons (Fsp3) is 0.684. The first-order valence-corrected chi connectivity index (χ1v) is 8.65. The highest BCUT2D eigenvalue weighted by atomic mass is 15.2. The molecule has 21 heavy (non-hydrogen) atoms. The second-order valence-corrected chi connectivity index (χ2v) is 7.66. The molecule has 116 valence electrons. The Morgan fingerprint density at radius 1 is 1.10 bits per heavy atom. The summed E-state index contributed by atoms with van der Waals surface area (Å²) in [6, 6.07) is 9.20. The smallest absolute Gasteiger partial charge is 0.0237 e. The van der Waals surface area contributed by atoms with Crippen molar-refractivity contribution in [3.8, 4) is 0 Å². The molecule has 1 aliphatic heterocycles. The molecule has 1 N–H and O–H groups in total. The summed E-state index contributed by atoms with van der Waals surface area (Å²) in [7, 11) is 0. The van der Waals surface area contributed by atoms with Crippen LogP contribution in [0.2, 0.25) is 0 Å². The van der Waals surface area contributed by atoms with Crippen molar-refractivity contribution in [2.75, 3.05) is 26.2 Å². The van der Waals surface area contributed by atoms with Crippen LogP contribution in [0.15, 0.2) is 24.3 Å². The van der Waals surface area contributed by atoms with Crippen molar-refractivity contribution in [1.82, 2.24) is 10.2 Å². The fourth-order valence-corrected chi connectivity index (χ4v) is 3.90. The van der Waals surface area contributed by atoms with Gasteiger partial charge in [0.1, 0.15) is 0 Å². The van der Waals surface area contributed by atoms with Gasteiger partial charge in [-0.3, -0.25) is 4.90 Å². The predicted octanol–water partition coefficient (Wildman–Crippen LogP) is 3.78. The standard InChI is InChI=1S/C19H30N2/c1-19(2)9-7-16(8-10-19)18-6-4-3-5-17(18)15-21-13-11-20-12-14-21/h3-6,16,20H,7-15H2,1-2H3. The highest BCUT2D eigenvalue weighted by Crippen LogP contribution is 2.43. The molecule has 1 saturated heterocycles. The molecule has 0 atom stereocenters.